The minimum atomic E-state index is -0.276. The zero-order valence-corrected chi connectivity index (χ0v) is 12.7. The van der Waals surface area contributed by atoms with Gasteiger partial charge >= 0.3 is 0 Å². The molecule has 0 spiro atoms. The Kier molecular flexibility index (Phi) is 6.03. The van der Waals surface area contributed by atoms with Crippen molar-refractivity contribution in [3.63, 3.8) is 0 Å². The Bertz CT molecular complexity index is 441. The molecule has 4 heteroatoms. The minimum absolute atomic E-state index is 0.199. The molecule has 0 unspecified atom stereocenters. The number of rotatable bonds is 6. The lowest BCUT2D eigenvalue weighted by molar-refractivity contribution is -0.131. The van der Waals surface area contributed by atoms with E-state index in [2.05, 4.69) is 0 Å². The number of hydrogen-bond donors (Lipinski definition) is 0. The molecular formula is C17H24FNO2. The zero-order valence-electron chi connectivity index (χ0n) is 12.7. The van der Waals surface area contributed by atoms with E-state index in [-0.39, 0.29) is 11.7 Å². The van der Waals surface area contributed by atoms with Crippen LogP contribution in [0.5, 0.6) is 5.75 Å². The first-order valence-electron chi connectivity index (χ1n) is 7.77. The third-order valence-corrected chi connectivity index (χ3v) is 4.12. The lowest BCUT2D eigenvalue weighted by Crippen LogP contribution is -2.32. The number of benzene rings is 1. The SMILES string of the molecule is CN(CCOc1ccc(F)cc1)C(=O)CC1CCCCC1. The molecule has 21 heavy (non-hydrogen) atoms. The highest BCUT2D eigenvalue weighted by Crippen LogP contribution is 2.26. The van der Waals surface area contributed by atoms with Gasteiger partial charge in [0.05, 0.1) is 6.54 Å². The maximum absolute atomic E-state index is 12.8. The number of hydrogen-bond acceptors (Lipinski definition) is 2. The van der Waals surface area contributed by atoms with Crippen LogP contribution in [0.15, 0.2) is 24.3 Å². The highest BCUT2D eigenvalue weighted by molar-refractivity contribution is 5.76. The summed E-state index contributed by atoms with van der Waals surface area (Å²) in [6, 6.07) is 5.93. The summed E-state index contributed by atoms with van der Waals surface area (Å²) in [7, 11) is 1.82. The van der Waals surface area contributed by atoms with Gasteiger partial charge in [0, 0.05) is 13.5 Å². The first kappa shape index (κ1) is 15.8. The molecule has 2 rings (SSSR count). The molecule has 3 nitrogen and oxygen atoms in total. The van der Waals surface area contributed by atoms with E-state index in [0.29, 0.717) is 31.2 Å². The average molecular weight is 293 g/mol. The molecule has 0 radical (unpaired) electrons. The Morgan fingerprint density at radius 1 is 1.24 bits per heavy atom. The molecule has 1 amide bonds. The molecule has 1 saturated carbocycles. The van der Waals surface area contributed by atoms with Crippen molar-refractivity contribution in [3.05, 3.63) is 30.1 Å². The fourth-order valence-electron chi connectivity index (χ4n) is 2.75. The van der Waals surface area contributed by atoms with Crippen LogP contribution in [-0.4, -0.2) is 31.0 Å². The predicted octanol–water partition coefficient (Wildman–Crippen LogP) is 3.63. The number of carbonyl (C=O) groups excluding carboxylic acids is 1. The Morgan fingerprint density at radius 3 is 2.57 bits per heavy atom. The standard InChI is InChI=1S/C17H24FNO2/c1-19(17(20)13-14-5-3-2-4-6-14)11-12-21-16-9-7-15(18)8-10-16/h7-10,14H,2-6,11-13H2,1H3. The second-order valence-corrected chi connectivity index (χ2v) is 5.83. The van der Waals surface area contributed by atoms with Crippen molar-refractivity contribution in [1.82, 2.24) is 4.90 Å². The van der Waals surface area contributed by atoms with E-state index in [1.165, 1.54) is 44.2 Å². The van der Waals surface area contributed by atoms with Crippen molar-refractivity contribution < 1.29 is 13.9 Å². The fraction of sp³-hybridized carbons (Fsp3) is 0.588. The smallest absolute Gasteiger partial charge is 0.222 e. The first-order chi connectivity index (χ1) is 10.1. The van der Waals surface area contributed by atoms with Crippen LogP contribution in [0.4, 0.5) is 4.39 Å². The minimum Gasteiger partial charge on any atom is -0.492 e. The van der Waals surface area contributed by atoms with Crippen LogP contribution < -0.4 is 4.74 Å². The molecule has 0 aliphatic heterocycles. The molecule has 116 valence electrons. The van der Waals surface area contributed by atoms with E-state index in [4.69, 9.17) is 4.74 Å². The Morgan fingerprint density at radius 2 is 1.90 bits per heavy atom. The van der Waals surface area contributed by atoms with Crippen LogP contribution in [0.25, 0.3) is 0 Å². The Labute approximate surface area is 126 Å². The summed E-state index contributed by atoms with van der Waals surface area (Å²) in [6.45, 7) is 0.988. The monoisotopic (exact) mass is 293 g/mol. The number of ether oxygens (including phenoxy) is 1. The number of amides is 1. The summed E-state index contributed by atoms with van der Waals surface area (Å²) in [5.74, 6) is 1.11. The van der Waals surface area contributed by atoms with E-state index in [1.807, 2.05) is 7.05 Å². The van der Waals surface area contributed by atoms with Crippen molar-refractivity contribution in [3.8, 4) is 5.75 Å². The molecule has 1 aliphatic rings. The molecule has 0 aromatic heterocycles. The maximum Gasteiger partial charge on any atom is 0.222 e. The molecule has 1 fully saturated rings. The predicted molar refractivity (Wildman–Crippen MR) is 80.7 cm³/mol. The lowest BCUT2D eigenvalue weighted by atomic mass is 9.87. The number of carbonyl (C=O) groups is 1. The summed E-state index contributed by atoms with van der Waals surface area (Å²) in [5, 5.41) is 0. The van der Waals surface area contributed by atoms with Gasteiger partial charge in [0.15, 0.2) is 0 Å². The highest BCUT2D eigenvalue weighted by Gasteiger charge is 2.19. The second-order valence-electron chi connectivity index (χ2n) is 5.83. The van der Waals surface area contributed by atoms with E-state index < -0.39 is 0 Å². The van der Waals surface area contributed by atoms with Crippen molar-refractivity contribution in [2.45, 2.75) is 38.5 Å². The van der Waals surface area contributed by atoms with E-state index in [1.54, 1.807) is 17.0 Å². The van der Waals surface area contributed by atoms with Gasteiger partial charge in [0.25, 0.3) is 0 Å². The molecular weight excluding hydrogens is 269 g/mol. The largest absolute Gasteiger partial charge is 0.492 e. The van der Waals surface area contributed by atoms with Gasteiger partial charge in [-0.3, -0.25) is 4.79 Å². The van der Waals surface area contributed by atoms with E-state index >= 15 is 0 Å². The van der Waals surface area contributed by atoms with Gasteiger partial charge < -0.3 is 9.64 Å². The van der Waals surface area contributed by atoms with E-state index in [9.17, 15) is 9.18 Å². The van der Waals surface area contributed by atoms with Crippen LogP contribution in [0, 0.1) is 11.7 Å². The maximum atomic E-state index is 12.8. The van der Waals surface area contributed by atoms with Crippen molar-refractivity contribution >= 4 is 5.91 Å². The van der Waals surface area contributed by atoms with Gasteiger partial charge in [-0.15, -0.1) is 0 Å². The molecule has 0 saturated heterocycles. The van der Waals surface area contributed by atoms with E-state index in [0.717, 1.165) is 0 Å². The zero-order chi connectivity index (χ0) is 15.1. The molecule has 1 aromatic rings. The molecule has 1 aromatic carbocycles. The van der Waals surface area contributed by atoms with Crippen LogP contribution in [0.3, 0.4) is 0 Å². The highest BCUT2D eigenvalue weighted by atomic mass is 19.1. The average Bonchev–Trinajstić information content (AvgIpc) is 2.50. The first-order valence-corrected chi connectivity index (χ1v) is 7.77. The molecule has 0 heterocycles. The molecule has 0 N–H and O–H groups in total. The summed E-state index contributed by atoms with van der Waals surface area (Å²) < 4.78 is 18.3. The van der Waals surface area contributed by atoms with Crippen molar-refractivity contribution in [2.24, 2.45) is 5.92 Å². The third kappa shape index (κ3) is 5.37. The lowest BCUT2D eigenvalue weighted by Gasteiger charge is -2.24. The fourth-order valence-corrected chi connectivity index (χ4v) is 2.75. The van der Waals surface area contributed by atoms with Crippen LogP contribution in [0.2, 0.25) is 0 Å². The number of halogens is 1. The molecule has 0 bridgehead atoms. The summed E-state index contributed by atoms with van der Waals surface area (Å²) in [6.07, 6.45) is 6.86. The quantitative estimate of drug-likeness (QED) is 0.801. The summed E-state index contributed by atoms with van der Waals surface area (Å²) in [4.78, 5) is 13.9. The summed E-state index contributed by atoms with van der Waals surface area (Å²) >= 11 is 0. The molecule has 0 atom stereocenters. The van der Waals surface area contributed by atoms with Crippen LogP contribution >= 0.6 is 0 Å². The van der Waals surface area contributed by atoms with Gasteiger partial charge in [-0.05, 0) is 43.0 Å². The van der Waals surface area contributed by atoms with Gasteiger partial charge in [0.1, 0.15) is 18.2 Å². The van der Waals surface area contributed by atoms with Crippen molar-refractivity contribution in [1.29, 1.82) is 0 Å². The van der Waals surface area contributed by atoms with Crippen molar-refractivity contribution in [2.75, 3.05) is 20.2 Å². The normalized spacial score (nSPS) is 15.7. The third-order valence-electron chi connectivity index (χ3n) is 4.12. The number of nitrogens with zero attached hydrogens (tertiary/aromatic N) is 1. The Balaban J connectivity index is 1.67. The van der Waals surface area contributed by atoms with Gasteiger partial charge in [-0.25, -0.2) is 4.39 Å². The Hall–Kier alpha value is -1.58. The number of likely N-dealkylation sites (N-methyl/N-ethyl adjacent to an activating group) is 1. The van der Waals surface area contributed by atoms with Gasteiger partial charge in [0.2, 0.25) is 5.91 Å². The summed E-state index contributed by atoms with van der Waals surface area (Å²) in [5.41, 5.74) is 0. The molecule has 1 aliphatic carbocycles. The van der Waals surface area contributed by atoms with Crippen LogP contribution in [-0.2, 0) is 4.79 Å². The van der Waals surface area contributed by atoms with Gasteiger partial charge in [-0.2, -0.15) is 0 Å². The van der Waals surface area contributed by atoms with Gasteiger partial charge in [-0.1, -0.05) is 19.3 Å². The van der Waals surface area contributed by atoms with Crippen LogP contribution in [0.1, 0.15) is 38.5 Å². The second kappa shape index (κ2) is 8.01. The topological polar surface area (TPSA) is 29.5 Å².